The van der Waals surface area contributed by atoms with E-state index in [2.05, 4.69) is 27.4 Å². The first-order valence-electron chi connectivity index (χ1n) is 7.35. The zero-order valence-corrected chi connectivity index (χ0v) is 13.1. The first kappa shape index (κ1) is 18.2. The van der Waals surface area contributed by atoms with E-state index in [0.29, 0.717) is 12.2 Å². The van der Waals surface area contributed by atoms with Crippen LogP contribution in [0.15, 0.2) is 12.2 Å². The summed E-state index contributed by atoms with van der Waals surface area (Å²) in [4.78, 5) is 11.1. The van der Waals surface area contributed by atoms with Gasteiger partial charge in [0.25, 0.3) is 0 Å². The average Bonchev–Trinajstić information content (AvgIpc) is 2.36. The highest BCUT2D eigenvalue weighted by molar-refractivity contribution is 5.86. The Bertz CT molecular complexity index is 269. The van der Waals surface area contributed by atoms with E-state index in [1.165, 1.54) is 12.8 Å². The van der Waals surface area contributed by atoms with Crippen LogP contribution in [0.25, 0.3) is 0 Å². The van der Waals surface area contributed by atoms with Crippen LogP contribution in [-0.4, -0.2) is 24.8 Å². The van der Waals surface area contributed by atoms with E-state index in [-0.39, 0.29) is 11.6 Å². The fraction of sp³-hybridized carbons (Fsp3) is 0.812. The Morgan fingerprint density at radius 2 is 1.58 bits per heavy atom. The predicted octanol–water partition coefficient (Wildman–Crippen LogP) is 4.26. The SMILES string of the molecule is C=C(C)C(=O)OCCCCCCCOC(C)(C)CC. The summed E-state index contributed by atoms with van der Waals surface area (Å²) < 4.78 is 10.8. The van der Waals surface area contributed by atoms with Gasteiger partial charge in [0.1, 0.15) is 0 Å². The van der Waals surface area contributed by atoms with Crippen LogP contribution in [0.5, 0.6) is 0 Å². The normalized spacial score (nSPS) is 11.4. The smallest absolute Gasteiger partial charge is 0.333 e. The van der Waals surface area contributed by atoms with Gasteiger partial charge in [0, 0.05) is 12.2 Å². The van der Waals surface area contributed by atoms with Crippen molar-refractivity contribution >= 4 is 5.97 Å². The third-order valence-electron chi connectivity index (χ3n) is 3.21. The Hall–Kier alpha value is -0.830. The highest BCUT2D eigenvalue weighted by Crippen LogP contribution is 2.14. The Balaban J connectivity index is 3.28. The van der Waals surface area contributed by atoms with E-state index in [4.69, 9.17) is 9.47 Å². The molecule has 0 spiro atoms. The third-order valence-corrected chi connectivity index (χ3v) is 3.21. The summed E-state index contributed by atoms with van der Waals surface area (Å²) in [7, 11) is 0. The molecule has 0 aliphatic carbocycles. The molecule has 0 saturated heterocycles. The lowest BCUT2D eigenvalue weighted by Crippen LogP contribution is -2.23. The Labute approximate surface area is 118 Å². The van der Waals surface area contributed by atoms with Crippen molar-refractivity contribution in [2.45, 2.75) is 71.8 Å². The molecule has 0 unspecified atom stereocenters. The van der Waals surface area contributed by atoms with Crippen LogP contribution < -0.4 is 0 Å². The van der Waals surface area contributed by atoms with Crippen LogP contribution in [0.1, 0.15) is 66.2 Å². The van der Waals surface area contributed by atoms with Gasteiger partial charge in [0.05, 0.1) is 12.2 Å². The average molecular weight is 270 g/mol. The van der Waals surface area contributed by atoms with Gasteiger partial charge in [-0.1, -0.05) is 32.8 Å². The Morgan fingerprint density at radius 1 is 1.05 bits per heavy atom. The van der Waals surface area contributed by atoms with E-state index in [9.17, 15) is 4.79 Å². The summed E-state index contributed by atoms with van der Waals surface area (Å²) >= 11 is 0. The lowest BCUT2D eigenvalue weighted by Gasteiger charge is -2.23. The summed E-state index contributed by atoms with van der Waals surface area (Å²) in [5.74, 6) is -0.282. The van der Waals surface area contributed by atoms with Gasteiger partial charge in [0.15, 0.2) is 0 Å². The molecule has 0 atom stereocenters. The highest BCUT2D eigenvalue weighted by atomic mass is 16.5. The van der Waals surface area contributed by atoms with E-state index in [0.717, 1.165) is 32.3 Å². The topological polar surface area (TPSA) is 35.5 Å². The molecule has 19 heavy (non-hydrogen) atoms. The molecule has 0 aromatic heterocycles. The summed E-state index contributed by atoms with van der Waals surface area (Å²) in [5.41, 5.74) is 0.479. The molecule has 0 bridgehead atoms. The minimum absolute atomic E-state index is 0.0107. The number of hydrogen-bond donors (Lipinski definition) is 0. The van der Waals surface area contributed by atoms with Gasteiger partial charge in [-0.25, -0.2) is 4.79 Å². The van der Waals surface area contributed by atoms with Gasteiger partial charge in [-0.2, -0.15) is 0 Å². The molecule has 0 aliphatic heterocycles. The van der Waals surface area contributed by atoms with Crippen LogP contribution >= 0.6 is 0 Å². The zero-order valence-electron chi connectivity index (χ0n) is 13.1. The van der Waals surface area contributed by atoms with Crippen LogP contribution in [0, 0.1) is 0 Å². The number of esters is 1. The van der Waals surface area contributed by atoms with Crippen molar-refractivity contribution in [2.24, 2.45) is 0 Å². The second-order valence-corrected chi connectivity index (χ2v) is 5.65. The van der Waals surface area contributed by atoms with Crippen LogP contribution in [0.3, 0.4) is 0 Å². The van der Waals surface area contributed by atoms with Crippen molar-refractivity contribution in [3.8, 4) is 0 Å². The summed E-state index contributed by atoms with van der Waals surface area (Å²) in [6, 6.07) is 0. The van der Waals surface area contributed by atoms with Crippen molar-refractivity contribution in [1.82, 2.24) is 0 Å². The maximum absolute atomic E-state index is 11.1. The molecule has 3 nitrogen and oxygen atoms in total. The van der Waals surface area contributed by atoms with Crippen LogP contribution in [0.4, 0.5) is 0 Å². The van der Waals surface area contributed by atoms with Crippen molar-refractivity contribution in [1.29, 1.82) is 0 Å². The number of unbranched alkanes of at least 4 members (excludes halogenated alkanes) is 4. The fourth-order valence-corrected chi connectivity index (χ4v) is 1.47. The summed E-state index contributed by atoms with van der Waals surface area (Å²) in [5, 5.41) is 0. The molecule has 0 aliphatic rings. The third kappa shape index (κ3) is 10.8. The molecule has 0 fully saturated rings. The van der Waals surface area contributed by atoms with E-state index >= 15 is 0 Å². The second kappa shape index (κ2) is 10.0. The van der Waals surface area contributed by atoms with E-state index in [1.54, 1.807) is 6.92 Å². The van der Waals surface area contributed by atoms with Gasteiger partial charge in [-0.3, -0.25) is 0 Å². The number of carbonyl (C=O) groups is 1. The fourth-order valence-electron chi connectivity index (χ4n) is 1.47. The number of rotatable bonds is 11. The van der Waals surface area contributed by atoms with Crippen molar-refractivity contribution < 1.29 is 14.3 Å². The quantitative estimate of drug-likeness (QED) is 0.320. The molecule has 0 aromatic carbocycles. The van der Waals surface area contributed by atoms with Crippen molar-refractivity contribution in [3.05, 3.63) is 12.2 Å². The lowest BCUT2D eigenvalue weighted by atomic mass is 10.1. The minimum atomic E-state index is -0.282. The van der Waals surface area contributed by atoms with Crippen LogP contribution in [0.2, 0.25) is 0 Å². The van der Waals surface area contributed by atoms with Gasteiger partial charge >= 0.3 is 5.97 Å². The first-order chi connectivity index (χ1) is 8.89. The Kier molecular flexibility index (Phi) is 9.58. The maximum atomic E-state index is 11.1. The molecule has 0 N–H and O–H groups in total. The van der Waals surface area contributed by atoms with Gasteiger partial charge in [-0.05, 0) is 40.0 Å². The van der Waals surface area contributed by atoms with Crippen molar-refractivity contribution in [2.75, 3.05) is 13.2 Å². The number of hydrogen-bond acceptors (Lipinski definition) is 3. The standard InChI is InChI=1S/C16H30O3/c1-6-16(4,5)19-13-11-9-7-8-10-12-18-15(17)14(2)3/h2,6-13H2,1,3-5H3. The zero-order chi connectivity index (χ0) is 14.7. The molecule has 0 saturated carbocycles. The highest BCUT2D eigenvalue weighted by Gasteiger charge is 2.14. The molecular weight excluding hydrogens is 240 g/mol. The second-order valence-electron chi connectivity index (χ2n) is 5.65. The van der Waals surface area contributed by atoms with Gasteiger partial charge in [-0.15, -0.1) is 0 Å². The molecule has 112 valence electrons. The molecule has 0 aromatic rings. The summed E-state index contributed by atoms with van der Waals surface area (Å²) in [6.07, 6.45) is 6.52. The molecule has 0 radical (unpaired) electrons. The van der Waals surface area contributed by atoms with E-state index < -0.39 is 0 Å². The molecule has 0 amide bonds. The van der Waals surface area contributed by atoms with Gasteiger partial charge in [0.2, 0.25) is 0 Å². The van der Waals surface area contributed by atoms with E-state index in [1.807, 2.05) is 0 Å². The first-order valence-corrected chi connectivity index (χ1v) is 7.35. The molecular formula is C16H30O3. The number of ether oxygens (including phenoxy) is 2. The Morgan fingerprint density at radius 3 is 2.11 bits per heavy atom. The van der Waals surface area contributed by atoms with Crippen molar-refractivity contribution in [3.63, 3.8) is 0 Å². The predicted molar refractivity (Wildman–Crippen MR) is 79.2 cm³/mol. The largest absolute Gasteiger partial charge is 0.462 e. The molecule has 0 heterocycles. The lowest BCUT2D eigenvalue weighted by molar-refractivity contribution is -0.139. The number of carbonyl (C=O) groups excluding carboxylic acids is 1. The maximum Gasteiger partial charge on any atom is 0.333 e. The van der Waals surface area contributed by atoms with Crippen LogP contribution in [-0.2, 0) is 14.3 Å². The van der Waals surface area contributed by atoms with Gasteiger partial charge < -0.3 is 9.47 Å². The molecule has 3 heteroatoms. The summed E-state index contributed by atoms with van der Waals surface area (Å²) in [6.45, 7) is 13.0. The minimum Gasteiger partial charge on any atom is -0.462 e. The molecule has 0 rings (SSSR count). The monoisotopic (exact) mass is 270 g/mol.